The van der Waals surface area contributed by atoms with Crippen molar-refractivity contribution in [3.05, 3.63) is 73.2 Å². The van der Waals surface area contributed by atoms with E-state index >= 15 is 0 Å². The molecule has 144 valence electrons. The van der Waals surface area contributed by atoms with Gasteiger partial charge in [-0.3, -0.25) is 0 Å². The van der Waals surface area contributed by atoms with Gasteiger partial charge in [0, 0.05) is 0 Å². The average molecular weight is 442 g/mol. The molecule has 0 amide bonds. The summed E-state index contributed by atoms with van der Waals surface area (Å²) in [4.78, 5) is 32.1. The van der Waals surface area contributed by atoms with Gasteiger partial charge in [0.25, 0.3) is 0 Å². The van der Waals surface area contributed by atoms with E-state index in [1.54, 1.807) is 11.6 Å². The van der Waals surface area contributed by atoms with E-state index in [1.165, 1.54) is 0 Å². The molecule has 0 spiro atoms. The Morgan fingerprint density at radius 1 is 0.963 bits per heavy atom. The fraction of sp³-hybridized carbons (Fsp3) is 0.250. The first-order valence-corrected chi connectivity index (χ1v) is 13.0. The van der Waals surface area contributed by atoms with Crippen LogP contribution in [0.3, 0.4) is 0 Å². The van der Waals surface area contributed by atoms with Gasteiger partial charge in [-0.05, 0) is 0 Å². The monoisotopic (exact) mass is 443 g/mol. The number of benzene rings is 2. The van der Waals surface area contributed by atoms with Crippen molar-refractivity contribution in [1.29, 1.82) is 0 Å². The van der Waals surface area contributed by atoms with Crippen molar-refractivity contribution in [2.75, 3.05) is 0 Å². The maximum atomic E-state index is 12.3. The first kappa shape index (κ1) is 20.3. The molecular formula is C16H17N3O7Se. The zero-order chi connectivity index (χ0) is 20.2. The molecule has 2 rings (SSSR count). The van der Waals surface area contributed by atoms with Gasteiger partial charge in [-0.1, -0.05) is 0 Å². The number of hydrogen-bond acceptors (Lipinski definition) is 7. The van der Waals surface area contributed by atoms with Crippen LogP contribution < -0.4 is 5.11 Å². The SMILES string of the molecule is C[Se](C)(CCc1ccccc1)O[N+](=O)c1cc([N+](=O)[O-])c([O-])c([N+](=O)[O-])c1. The molecule has 2 aromatic rings. The van der Waals surface area contributed by atoms with Gasteiger partial charge in [0.05, 0.1) is 0 Å². The Kier molecular flexibility index (Phi) is 6.09. The summed E-state index contributed by atoms with van der Waals surface area (Å²) >= 11 is -2.74. The molecule has 0 fully saturated rings. The van der Waals surface area contributed by atoms with Crippen LogP contribution in [0.25, 0.3) is 0 Å². The molecule has 0 saturated carbocycles. The second kappa shape index (κ2) is 8.11. The van der Waals surface area contributed by atoms with Crippen LogP contribution in [0, 0.1) is 25.1 Å². The number of nitrogens with zero attached hydrogens (tertiary/aromatic N) is 3. The number of nitro groups is 2. The van der Waals surface area contributed by atoms with E-state index in [9.17, 15) is 30.2 Å². The Bertz CT molecular complexity index is 852. The quantitative estimate of drug-likeness (QED) is 0.347. The molecule has 0 heterocycles. The normalized spacial score (nSPS) is 11.6. The van der Waals surface area contributed by atoms with Gasteiger partial charge < -0.3 is 0 Å². The predicted molar refractivity (Wildman–Crippen MR) is 96.0 cm³/mol. The second-order valence-corrected chi connectivity index (χ2v) is 13.2. The molecule has 0 aliphatic rings. The molecule has 0 aromatic heterocycles. The minimum atomic E-state index is -2.74. The van der Waals surface area contributed by atoms with Gasteiger partial charge in [-0.15, -0.1) is 0 Å². The van der Waals surface area contributed by atoms with E-state index in [-0.39, 0.29) is 4.92 Å². The summed E-state index contributed by atoms with van der Waals surface area (Å²) < 4.78 is 5.44. The minimum absolute atomic E-state index is 0.0322. The van der Waals surface area contributed by atoms with Crippen LogP contribution in [0.5, 0.6) is 5.75 Å². The Morgan fingerprint density at radius 3 is 1.96 bits per heavy atom. The molecule has 0 saturated heterocycles. The molecule has 2 aromatic carbocycles. The summed E-state index contributed by atoms with van der Waals surface area (Å²) in [5.41, 5.74) is -1.48. The van der Waals surface area contributed by atoms with Crippen LogP contribution in [-0.4, -0.2) is 27.9 Å². The summed E-state index contributed by atoms with van der Waals surface area (Å²) in [5, 5.41) is 34.2. The van der Waals surface area contributed by atoms with E-state index < -0.39 is 45.8 Å². The van der Waals surface area contributed by atoms with E-state index in [4.69, 9.17) is 3.92 Å². The molecule has 11 heteroatoms. The van der Waals surface area contributed by atoms with Gasteiger partial charge in [-0.25, -0.2) is 0 Å². The number of rotatable bonds is 8. The van der Waals surface area contributed by atoms with Crippen molar-refractivity contribution < 1.29 is 23.8 Å². The van der Waals surface area contributed by atoms with Gasteiger partial charge in [0.1, 0.15) is 0 Å². The Balaban J connectivity index is 2.21. The summed E-state index contributed by atoms with van der Waals surface area (Å²) in [6.07, 6.45) is 0.682. The van der Waals surface area contributed by atoms with Crippen molar-refractivity contribution in [1.82, 2.24) is 0 Å². The van der Waals surface area contributed by atoms with E-state index in [2.05, 4.69) is 0 Å². The van der Waals surface area contributed by atoms with E-state index in [0.29, 0.717) is 23.9 Å². The van der Waals surface area contributed by atoms with Crippen LogP contribution in [0.1, 0.15) is 5.56 Å². The van der Waals surface area contributed by atoms with Crippen molar-refractivity contribution in [3.8, 4) is 5.75 Å². The molecule has 0 N–H and O–H groups in total. The molecule has 0 bridgehead atoms. The van der Waals surface area contributed by atoms with Crippen LogP contribution >= 0.6 is 0 Å². The average Bonchev–Trinajstić information content (AvgIpc) is 2.60. The topological polar surface area (TPSA) is 139 Å². The summed E-state index contributed by atoms with van der Waals surface area (Å²) in [6.45, 7) is 0. The van der Waals surface area contributed by atoms with Crippen molar-refractivity contribution in [3.63, 3.8) is 0 Å². The van der Waals surface area contributed by atoms with Crippen LogP contribution in [0.2, 0.25) is 17.0 Å². The van der Waals surface area contributed by atoms with Crippen LogP contribution in [-0.2, 0) is 10.3 Å². The molecule has 0 atom stereocenters. The van der Waals surface area contributed by atoms with Gasteiger partial charge in [-0.2, -0.15) is 0 Å². The van der Waals surface area contributed by atoms with E-state index in [1.807, 2.05) is 30.3 Å². The maximum absolute atomic E-state index is 12.3. The molecule has 0 unspecified atom stereocenters. The summed E-state index contributed by atoms with van der Waals surface area (Å²) in [6, 6.07) is 11.0. The fourth-order valence-electron chi connectivity index (χ4n) is 2.23. The summed E-state index contributed by atoms with van der Waals surface area (Å²) in [5.74, 6) is 2.24. The summed E-state index contributed by atoms with van der Waals surface area (Å²) in [7, 11) is 0. The van der Waals surface area contributed by atoms with Gasteiger partial charge in [0.2, 0.25) is 0 Å². The first-order chi connectivity index (χ1) is 12.6. The Morgan fingerprint density at radius 2 is 1.48 bits per heavy atom. The zero-order valence-corrected chi connectivity index (χ0v) is 16.3. The predicted octanol–water partition coefficient (Wildman–Crippen LogP) is 3.37. The zero-order valence-electron chi connectivity index (χ0n) is 14.6. The molecule has 0 aliphatic heterocycles. The standard InChI is InChI=1S/C16H17N3O7Se/c1-27(2,9-8-12-6-4-3-5-7-12)26-19(25)13-10-14(17(21)22)16(20)15(11-13)18(23)24/h3-7,10-11H,8-9H2,1-2H3. The van der Waals surface area contributed by atoms with Crippen LogP contribution in [0.4, 0.5) is 17.1 Å². The second-order valence-electron chi connectivity index (χ2n) is 6.04. The molecule has 0 aliphatic carbocycles. The Labute approximate surface area is 156 Å². The molecule has 0 radical (unpaired) electrons. The fourth-order valence-corrected chi connectivity index (χ4v) is 4.86. The van der Waals surface area contributed by atoms with Crippen molar-refractivity contribution in [2.24, 2.45) is 0 Å². The third-order valence-corrected chi connectivity index (χ3v) is 7.26. The first-order valence-electron chi connectivity index (χ1n) is 7.66. The Hall–Kier alpha value is -3.04. The molecule has 27 heavy (non-hydrogen) atoms. The van der Waals surface area contributed by atoms with Gasteiger partial charge in [0.15, 0.2) is 0 Å². The van der Waals surface area contributed by atoms with Crippen LogP contribution in [0.15, 0.2) is 42.5 Å². The number of hydrogen-bond donors (Lipinski definition) is 0. The van der Waals surface area contributed by atoms with E-state index in [0.717, 1.165) is 5.56 Å². The van der Waals surface area contributed by atoms with Gasteiger partial charge >= 0.3 is 156 Å². The third kappa shape index (κ3) is 5.22. The van der Waals surface area contributed by atoms with Crippen molar-refractivity contribution in [2.45, 2.75) is 23.4 Å². The number of aryl methyl sites for hydroxylation is 1. The third-order valence-electron chi connectivity index (χ3n) is 3.63. The molecule has 10 nitrogen and oxygen atoms in total. The van der Waals surface area contributed by atoms with Crippen molar-refractivity contribution >= 4 is 30.2 Å². The molecular weight excluding hydrogens is 425 g/mol. The number of nitro benzene ring substituents is 2.